The Hall–Kier alpha value is -2.64. The largest absolute Gasteiger partial charge is 0.493 e. The van der Waals surface area contributed by atoms with Crippen molar-refractivity contribution in [3.63, 3.8) is 0 Å². The summed E-state index contributed by atoms with van der Waals surface area (Å²) in [5.74, 6) is 1.14. The van der Waals surface area contributed by atoms with E-state index in [1.165, 1.54) is 28.4 Å². The van der Waals surface area contributed by atoms with Gasteiger partial charge in [-0.25, -0.2) is 4.79 Å². The summed E-state index contributed by atoms with van der Waals surface area (Å²) in [6.07, 6.45) is 0.819. The van der Waals surface area contributed by atoms with Gasteiger partial charge < -0.3 is 29.2 Å². The van der Waals surface area contributed by atoms with Gasteiger partial charge in [-0.05, 0) is 12.8 Å². The molecule has 8 nitrogen and oxygen atoms in total. The molecule has 1 fully saturated rings. The van der Waals surface area contributed by atoms with E-state index in [0.29, 0.717) is 48.9 Å². The van der Waals surface area contributed by atoms with Crippen LogP contribution in [-0.4, -0.2) is 58.4 Å². The predicted octanol–water partition coefficient (Wildman–Crippen LogP) is 2.13. The number of piperidine rings is 1. The van der Waals surface area contributed by atoms with E-state index in [4.69, 9.17) is 18.9 Å². The molecule has 1 N–H and O–H groups in total. The molecule has 0 bridgehead atoms. The van der Waals surface area contributed by atoms with Crippen LogP contribution in [0.5, 0.6) is 17.2 Å². The van der Waals surface area contributed by atoms with Crippen molar-refractivity contribution in [2.45, 2.75) is 12.8 Å². The molecule has 1 aliphatic heterocycles. The van der Waals surface area contributed by atoms with Gasteiger partial charge in [0.25, 0.3) is 0 Å². The molecule has 0 aliphatic carbocycles. The maximum atomic E-state index is 12.5. The second-order valence-corrected chi connectivity index (χ2v) is 5.63. The van der Waals surface area contributed by atoms with Gasteiger partial charge in [-0.1, -0.05) is 0 Å². The van der Waals surface area contributed by atoms with E-state index in [2.05, 4.69) is 5.32 Å². The van der Waals surface area contributed by atoms with Crippen molar-refractivity contribution < 1.29 is 28.5 Å². The highest BCUT2D eigenvalue weighted by molar-refractivity contribution is 5.93. The number of ether oxygens (including phenoxy) is 4. The van der Waals surface area contributed by atoms with E-state index < -0.39 is 0 Å². The average Bonchev–Trinajstić information content (AvgIpc) is 2.66. The van der Waals surface area contributed by atoms with Crippen LogP contribution in [-0.2, 0) is 9.53 Å². The highest BCUT2D eigenvalue weighted by Crippen LogP contribution is 2.40. The molecule has 0 saturated carbocycles. The van der Waals surface area contributed by atoms with Gasteiger partial charge in [0, 0.05) is 36.8 Å². The second kappa shape index (κ2) is 8.46. The van der Waals surface area contributed by atoms with Crippen LogP contribution in [0.2, 0.25) is 0 Å². The highest BCUT2D eigenvalue weighted by Gasteiger charge is 2.28. The van der Waals surface area contributed by atoms with Crippen LogP contribution in [0.25, 0.3) is 0 Å². The fourth-order valence-electron chi connectivity index (χ4n) is 2.85. The summed E-state index contributed by atoms with van der Waals surface area (Å²) in [5, 5.41) is 2.88. The molecule has 1 saturated heterocycles. The molecule has 138 valence electrons. The standard InChI is InChI=1S/C17H24N2O6/c1-22-13-9-12(10-14(23-2)15(13)24-3)18-16(20)11-5-7-19(8-6-11)17(21)25-4/h9-11H,5-8H2,1-4H3,(H,18,20). The summed E-state index contributed by atoms with van der Waals surface area (Å²) < 4.78 is 20.5. The van der Waals surface area contributed by atoms with E-state index in [1.807, 2.05) is 0 Å². The lowest BCUT2D eigenvalue weighted by Crippen LogP contribution is -2.41. The SMILES string of the molecule is COC(=O)N1CCC(C(=O)Nc2cc(OC)c(OC)c(OC)c2)CC1. The Balaban J connectivity index is 2.05. The average molecular weight is 352 g/mol. The Morgan fingerprint density at radius 1 is 1.00 bits per heavy atom. The molecular weight excluding hydrogens is 328 g/mol. The van der Waals surface area contributed by atoms with E-state index in [-0.39, 0.29) is 17.9 Å². The Bertz CT molecular complexity index is 601. The molecule has 2 amide bonds. The third-order valence-corrected chi connectivity index (χ3v) is 4.23. The van der Waals surface area contributed by atoms with Gasteiger partial charge in [-0.15, -0.1) is 0 Å². The first kappa shape index (κ1) is 18.7. The normalized spacial score (nSPS) is 14.6. The van der Waals surface area contributed by atoms with E-state index in [0.717, 1.165) is 0 Å². The summed E-state index contributed by atoms with van der Waals surface area (Å²) in [6.45, 7) is 1.00. The van der Waals surface area contributed by atoms with Crippen LogP contribution in [0, 0.1) is 5.92 Å². The molecule has 25 heavy (non-hydrogen) atoms. The Morgan fingerprint density at radius 3 is 2.00 bits per heavy atom. The van der Waals surface area contributed by atoms with E-state index >= 15 is 0 Å². The number of likely N-dealkylation sites (tertiary alicyclic amines) is 1. The molecule has 0 spiro atoms. The lowest BCUT2D eigenvalue weighted by atomic mass is 9.96. The first-order valence-electron chi connectivity index (χ1n) is 7.97. The Morgan fingerprint density at radius 2 is 1.56 bits per heavy atom. The number of methoxy groups -OCH3 is 4. The van der Waals surface area contributed by atoms with Crippen LogP contribution < -0.4 is 19.5 Å². The van der Waals surface area contributed by atoms with Crippen LogP contribution in [0.4, 0.5) is 10.5 Å². The number of nitrogens with zero attached hydrogens (tertiary/aromatic N) is 1. The monoisotopic (exact) mass is 352 g/mol. The van der Waals surface area contributed by atoms with Gasteiger partial charge in [-0.2, -0.15) is 0 Å². The van der Waals surface area contributed by atoms with Gasteiger partial charge in [0.05, 0.1) is 28.4 Å². The molecule has 0 radical (unpaired) electrons. The molecule has 0 unspecified atom stereocenters. The van der Waals surface area contributed by atoms with E-state index in [1.54, 1.807) is 17.0 Å². The molecule has 0 aromatic heterocycles. The molecule has 1 aromatic carbocycles. The highest BCUT2D eigenvalue weighted by atomic mass is 16.5. The number of anilines is 1. The number of amides is 2. The van der Waals surface area contributed by atoms with Crippen molar-refractivity contribution in [2.24, 2.45) is 5.92 Å². The minimum Gasteiger partial charge on any atom is -0.493 e. The minimum atomic E-state index is -0.358. The summed E-state index contributed by atoms with van der Waals surface area (Å²) >= 11 is 0. The number of nitrogens with one attached hydrogen (secondary N) is 1. The zero-order chi connectivity index (χ0) is 18.4. The van der Waals surface area contributed by atoms with Crippen LogP contribution in [0.15, 0.2) is 12.1 Å². The second-order valence-electron chi connectivity index (χ2n) is 5.63. The predicted molar refractivity (Wildman–Crippen MR) is 91.4 cm³/mol. The van der Waals surface area contributed by atoms with Gasteiger partial charge in [-0.3, -0.25) is 4.79 Å². The number of carbonyl (C=O) groups is 2. The zero-order valence-corrected chi connectivity index (χ0v) is 15.0. The molecular formula is C17H24N2O6. The summed E-state index contributed by atoms with van der Waals surface area (Å²) in [4.78, 5) is 25.6. The van der Waals surface area contributed by atoms with Crippen molar-refractivity contribution in [1.29, 1.82) is 0 Å². The number of hydrogen-bond donors (Lipinski definition) is 1. The zero-order valence-electron chi connectivity index (χ0n) is 15.0. The van der Waals surface area contributed by atoms with Gasteiger partial charge in [0.2, 0.25) is 11.7 Å². The minimum absolute atomic E-state index is 0.0983. The number of rotatable bonds is 5. The maximum Gasteiger partial charge on any atom is 0.409 e. The molecule has 1 aromatic rings. The fourth-order valence-corrected chi connectivity index (χ4v) is 2.85. The number of carbonyl (C=O) groups excluding carboxylic acids is 2. The maximum absolute atomic E-state index is 12.5. The van der Waals surface area contributed by atoms with Crippen LogP contribution in [0.3, 0.4) is 0 Å². The molecule has 0 atom stereocenters. The first-order chi connectivity index (χ1) is 12.0. The first-order valence-corrected chi connectivity index (χ1v) is 7.97. The third-order valence-electron chi connectivity index (χ3n) is 4.23. The summed E-state index contributed by atoms with van der Waals surface area (Å²) in [6, 6.07) is 3.37. The van der Waals surface area contributed by atoms with Crippen molar-refractivity contribution in [1.82, 2.24) is 4.90 Å². The van der Waals surface area contributed by atoms with Crippen molar-refractivity contribution in [3.8, 4) is 17.2 Å². The third kappa shape index (κ3) is 4.26. The van der Waals surface area contributed by atoms with Crippen LogP contribution >= 0.6 is 0 Å². The van der Waals surface area contributed by atoms with Crippen molar-refractivity contribution in [2.75, 3.05) is 46.8 Å². The quantitative estimate of drug-likeness (QED) is 0.874. The lowest BCUT2D eigenvalue weighted by Gasteiger charge is -2.30. The van der Waals surface area contributed by atoms with Gasteiger partial charge in [0.1, 0.15) is 0 Å². The lowest BCUT2D eigenvalue weighted by molar-refractivity contribution is -0.121. The van der Waals surface area contributed by atoms with E-state index in [9.17, 15) is 9.59 Å². The topological polar surface area (TPSA) is 86.3 Å². The molecule has 2 rings (SSSR count). The number of hydrogen-bond acceptors (Lipinski definition) is 6. The Labute approximate surface area is 147 Å². The van der Waals surface area contributed by atoms with Crippen molar-refractivity contribution >= 4 is 17.7 Å². The molecule has 1 aliphatic rings. The smallest absolute Gasteiger partial charge is 0.409 e. The number of benzene rings is 1. The molecule has 1 heterocycles. The van der Waals surface area contributed by atoms with Crippen LogP contribution in [0.1, 0.15) is 12.8 Å². The summed E-state index contributed by atoms with van der Waals surface area (Å²) in [7, 11) is 5.91. The fraction of sp³-hybridized carbons (Fsp3) is 0.529. The van der Waals surface area contributed by atoms with Crippen molar-refractivity contribution in [3.05, 3.63) is 12.1 Å². The van der Waals surface area contributed by atoms with Gasteiger partial charge in [0.15, 0.2) is 11.5 Å². The molecule has 8 heteroatoms. The van der Waals surface area contributed by atoms with Gasteiger partial charge >= 0.3 is 6.09 Å². The summed E-state index contributed by atoms with van der Waals surface area (Å²) in [5.41, 5.74) is 0.565. The Kier molecular flexibility index (Phi) is 6.32.